The van der Waals surface area contributed by atoms with Crippen LogP contribution in [0.4, 0.5) is 0 Å². The lowest BCUT2D eigenvalue weighted by molar-refractivity contribution is 0.468. The molecular weight excluding hydrogens is 272 g/mol. The van der Waals surface area contributed by atoms with Gasteiger partial charge in [-0.05, 0) is 36.7 Å². The Labute approximate surface area is 124 Å². The molecule has 0 aliphatic carbocycles. The van der Waals surface area contributed by atoms with Crippen molar-refractivity contribution in [3.8, 4) is 11.5 Å². The molecule has 0 spiro atoms. The minimum atomic E-state index is 0.615. The Kier molecular flexibility index (Phi) is 5.39. The number of hydrogen-bond acceptors (Lipinski definition) is 3. The highest BCUT2D eigenvalue weighted by Crippen LogP contribution is 2.26. The van der Waals surface area contributed by atoms with E-state index in [-0.39, 0.29) is 0 Å². The number of pyridine rings is 1. The molecule has 106 valence electrons. The maximum Gasteiger partial charge on any atom is 0.134 e. The quantitative estimate of drug-likeness (QED) is 0.862. The van der Waals surface area contributed by atoms with Gasteiger partial charge in [0.15, 0.2) is 0 Å². The molecule has 0 fully saturated rings. The van der Waals surface area contributed by atoms with E-state index in [1.54, 1.807) is 12.3 Å². The Balaban J connectivity index is 2.07. The summed E-state index contributed by atoms with van der Waals surface area (Å²) in [6.45, 7) is 6.06. The molecule has 4 heteroatoms. The van der Waals surface area contributed by atoms with E-state index in [2.05, 4.69) is 24.1 Å². The van der Waals surface area contributed by atoms with Gasteiger partial charge in [-0.3, -0.25) is 4.98 Å². The van der Waals surface area contributed by atoms with Gasteiger partial charge in [-0.25, -0.2) is 0 Å². The minimum Gasteiger partial charge on any atom is -0.457 e. The molecule has 0 saturated carbocycles. The summed E-state index contributed by atoms with van der Waals surface area (Å²) in [5.74, 6) is 2.15. The summed E-state index contributed by atoms with van der Waals surface area (Å²) >= 11 is 5.96. The molecule has 0 bridgehead atoms. The fourth-order valence-electron chi connectivity index (χ4n) is 1.80. The topological polar surface area (TPSA) is 34.2 Å². The van der Waals surface area contributed by atoms with Gasteiger partial charge in [0.1, 0.15) is 11.5 Å². The molecule has 1 N–H and O–H groups in total. The second-order valence-corrected chi connectivity index (χ2v) is 5.50. The number of ether oxygens (including phenoxy) is 1. The summed E-state index contributed by atoms with van der Waals surface area (Å²) in [6, 6.07) is 9.25. The highest BCUT2D eigenvalue weighted by molar-refractivity contribution is 6.30. The number of benzene rings is 1. The third kappa shape index (κ3) is 4.51. The van der Waals surface area contributed by atoms with Crippen LogP contribution < -0.4 is 10.1 Å². The van der Waals surface area contributed by atoms with E-state index in [0.717, 1.165) is 30.2 Å². The molecule has 0 aliphatic rings. The maximum absolute atomic E-state index is 5.96. The summed E-state index contributed by atoms with van der Waals surface area (Å²) in [4.78, 5) is 4.16. The van der Waals surface area contributed by atoms with E-state index >= 15 is 0 Å². The molecule has 20 heavy (non-hydrogen) atoms. The molecule has 0 atom stereocenters. The lowest BCUT2D eigenvalue weighted by atomic mass is 10.2. The van der Waals surface area contributed by atoms with Gasteiger partial charge in [-0.1, -0.05) is 31.5 Å². The van der Waals surface area contributed by atoms with E-state index in [1.807, 2.05) is 30.5 Å². The van der Waals surface area contributed by atoms with Gasteiger partial charge in [0.05, 0.1) is 0 Å². The van der Waals surface area contributed by atoms with Crippen LogP contribution in [0.3, 0.4) is 0 Å². The van der Waals surface area contributed by atoms with Crippen molar-refractivity contribution in [3.05, 3.63) is 53.3 Å². The van der Waals surface area contributed by atoms with Crippen molar-refractivity contribution >= 4 is 11.6 Å². The normalized spacial score (nSPS) is 10.8. The van der Waals surface area contributed by atoms with Gasteiger partial charge in [-0.15, -0.1) is 0 Å². The number of hydrogen-bond donors (Lipinski definition) is 1. The van der Waals surface area contributed by atoms with Crippen molar-refractivity contribution in [1.29, 1.82) is 0 Å². The van der Waals surface area contributed by atoms with E-state index < -0.39 is 0 Å². The Morgan fingerprint density at radius 3 is 2.90 bits per heavy atom. The van der Waals surface area contributed by atoms with E-state index in [0.29, 0.717) is 10.9 Å². The van der Waals surface area contributed by atoms with Crippen LogP contribution in [0.5, 0.6) is 11.5 Å². The molecule has 2 rings (SSSR count). The van der Waals surface area contributed by atoms with Crippen molar-refractivity contribution in [1.82, 2.24) is 10.3 Å². The van der Waals surface area contributed by atoms with Gasteiger partial charge in [0.2, 0.25) is 0 Å². The maximum atomic E-state index is 5.96. The molecule has 0 amide bonds. The predicted octanol–water partition coefficient (Wildman–Crippen LogP) is 4.27. The largest absolute Gasteiger partial charge is 0.457 e. The molecule has 1 aromatic heterocycles. The molecule has 2 aromatic rings. The first-order valence-corrected chi connectivity index (χ1v) is 7.10. The third-order valence-electron chi connectivity index (χ3n) is 2.75. The van der Waals surface area contributed by atoms with Gasteiger partial charge < -0.3 is 10.1 Å². The van der Waals surface area contributed by atoms with Crippen LogP contribution in [-0.2, 0) is 6.54 Å². The van der Waals surface area contributed by atoms with Crippen LogP contribution in [0, 0.1) is 5.92 Å². The zero-order valence-electron chi connectivity index (χ0n) is 11.8. The third-order valence-corrected chi connectivity index (χ3v) is 2.99. The first-order valence-electron chi connectivity index (χ1n) is 6.72. The van der Waals surface area contributed by atoms with Crippen LogP contribution in [0.1, 0.15) is 19.4 Å². The van der Waals surface area contributed by atoms with Crippen molar-refractivity contribution < 1.29 is 4.74 Å². The van der Waals surface area contributed by atoms with E-state index in [4.69, 9.17) is 16.3 Å². The number of aromatic nitrogens is 1. The predicted molar refractivity (Wildman–Crippen MR) is 82.3 cm³/mol. The van der Waals surface area contributed by atoms with Crippen molar-refractivity contribution in [2.24, 2.45) is 5.92 Å². The van der Waals surface area contributed by atoms with Gasteiger partial charge in [-0.2, -0.15) is 0 Å². The summed E-state index contributed by atoms with van der Waals surface area (Å²) < 4.78 is 5.88. The van der Waals surface area contributed by atoms with Crippen LogP contribution in [0.2, 0.25) is 5.02 Å². The van der Waals surface area contributed by atoms with Crippen molar-refractivity contribution in [2.45, 2.75) is 20.4 Å². The summed E-state index contributed by atoms with van der Waals surface area (Å²) in [6.07, 6.45) is 3.55. The Hall–Kier alpha value is -1.58. The summed E-state index contributed by atoms with van der Waals surface area (Å²) in [5, 5.41) is 4.06. The fraction of sp³-hybridized carbons (Fsp3) is 0.312. The summed E-state index contributed by atoms with van der Waals surface area (Å²) in [7, 11) is 0. The second-order valence-electron chi connectivity index (χ2n) is 5.07. The number of nitrogens with one attached hydrogen (secondary N) is 1. The monoisotopic (exact) mass is 290 g/mol. The zero-order valence-corrected chi connectivity index (χ0v) is 12.5. The van der Waals surface area contributed by atoms with Crippen LogP contribution in [0.15, 0.2) is 42.7 Å². The average molecular weight is 291 g/mol. The van der Waals surface area contributed by atoms with Crippen LogP contribution in [0.25, 0.3) is 0 Å². The Bertz CT molecular complexity index is 558. The molecular formula is C16H19ClN2O. The molecule has 0 saturated heterocycles. The zero-order chi connectivity index (χ0) is 14.4. The Morgan fingerprint density at radius 1 is 1.30 bits per heavy atom. The molecule has 0 radical (unpaired) electrons. The minimum absolute atomic E-state index is 0.615. The second kappa shape index (κ2) is 7.27. The Morgan fingerprint density at radius 2 is 2.15 bits per heavy atom. The standard InChI is InChI=1S/C16H19ClN2O/c1-12(2)9-19-11-13-10-18-7-6-16(13)20-15-5-3-4-14(17)8-15/h3-8,10,12,19H,9,11H2,1-2H3. The summed E-state index contributed by atoms with van der Waals surface area (Å²) in [5.41, 5.74) is 1.04. The van der Waals surface area contributed by atoms with E-state index in [9.17, 15) is 0 Å². The number of halogens is 1. The van der Waals surface area contributed by atoms with Crippen molar-refractivity contribution in [3.63, 3.8) is 0 Å². The molecule has 3 nitrogen and oxygen atoms in total. The number of rotatable bonds is 6. The lowest BCUT2D eigenvalue weighted by Crippen LogP contribution is -2.19. The average Bonchev–Trinajstić information content (AvgIpc) is 2.40. The molecule has 0 unspecified atom stereocenters. The number of nitrogens with zero attached hydrogens (tertiary/aromatic N) is 1. The molecule has 1 aromatic carbocycles. The molecule has 1 heterocycles. The van der Waals surface area contributed by atoms with Gasteiger partial charge in [0, 0.05) is 29.5 Å². The smallest absolute Gasteiger partial charge is 0.134 e. The van der Waals surface area contributed by atoms with Crippen molar-refractivity contribution in [2.75, 3.05) is 6.54 Å². The lowest BCUT2D eigenvalue weighted by Gasteiger charge is -2.12. The van der Waals surface area contributed by atoms with Gasteiger partial charge >= 0.3 is 0 Å². The van der Waals surface area contributed by atoms with E-state index in [1.165, 1.54) is 0 Å². The SMILES string of the molecule is CC(C)CNCc1cnccc1Oc1cccc(Cl)c1. The highest BCUT2D eigenvalue weighted by Gasteiger charge is 2.05. The van der Waals surface area contributed by atoms with Gasteiger partial charge in [0.25, 0.3) is 0 Å². The first-order chi connectivity index (χ1) is 9.65. The fourth-order valence-corrected chi connectivity index (χ4v) is 1.98. The van der Waals surface area contributed by atoms with Crippen LogP contribution in [-0.4, -0.2) is 11.5 Å². The van der Waals surface area contributed by atoms with Crippen LogP contribution >= 0.6 is 11.6 Å². The molecule has 0 aliphatic heterocycles. The highest BCUT2D eigenvalue weighted by atomic mass is 35.5. The first kappa shape index (κ1) is 14.8.